The van der Waals surface area contributed by atoms with Gasteiger partial charge in [0.2, 0.25) is 0 Å². The Hall–Kier alpha value is -1.36. The predicted octanol–water partition coefficient (Wildman–Crippen LogP) is 3.09. The molecule has 1 aliphatic carbocycles. The fourth-order valence-electron chi connectivity index (χ4n) is 2.67. The van der Waals surface area contributed by atoms with Gasteiger partial charge in [0.05, 0.1) is 12.2 Å². The predicted molar refractivity (Wildman–Crippen MR) is 77.7 cm³/mol. The quantitative estimate of drug-likeness (QED) is 0.749. The topological polar surface area (TPSA) is 36.9 Å². The van der Waals surface area contributed by atoms with E-state index in [4.69, 9.17) is 18.9 Å². The van der Waals surface area contributed by atoms with E-state index in [0.717, 1.165) is 35.3 Å². The van der Waals surface area contributed by atoms with E-state index in [1.54, 1.807) is 21.3 Å². The first kappa shape index (κ1) is 15.0. The highest BCUT2D eigenvalue weighted by Gasteiger charge is 2.39. The molecule has 1 aliphatic rings. The summed E-state index contributed by atoms with van der Waals surface area (Å²) in [4.78, 5) is 0. The van der Waals surface area contributed by atoms with Crippen LogP contribution in [0.4, 0.5) is 0 Å². The zero-order valence-electron chi connectivity index (χ0n) is 12.6. The molecule has 0 amide bonds. The van der Waals surface area contributed by atoms with Gasteiger partial charge in [0.15, 0.2) is 0 Å². The lowest BCUT2D eigenvalue weighted by molar-refractivity contribution is -0.365. The fourth-order valence-corrected chi connectivity index (χ4v) is 2.67. The molecule has 0 atom stereocenters. The molecule has 4 nitrogen and oxygen atoms in total. The Kier molecular flexibility index (Phi) is 4.81. The Labute approximate surface area is 120 Å². The SMILES string of the molecule is CCOc1ccc2c(c1C(OC)(OC)OC)CCC=C2. The number of hydrogen-bond donors (Lipinski definition) is 0. The van der Waals surface area contributed by atoms with Gasteiger partial charge in [0.1, 0.15) is 5.75 Å². The second-order valence-corrected chi connectivity index (χ2v) is 4.55. The van der Waals surface area contributed by atoms with Crippen molar-refractivity contribution in [2.45, 2.75) is 25.7 Å². The minimum absolute atomic E-state index is 0.578. The van der Waals surface area contributed by atoms with E-state index in [2.05, 4.69) is 18.2 Å². The van der Waals surface area contributed by atoms with Crippen LogP contribution in [0.1, 0.15) is 30.0 Å². The van der Waals surface area contributed by atoms with Gasteiger partial charge in [-0.1, -0.05) is 18.2 Å². The third-order valence-corrected chi connectivity index (χ3v) is 3.58. The summed E-state index contributed by atoms with van der Waals surface area (Å²) in [5, 5.41) is 0. The van der Waals surface area contributed by atoms with Crippen molar-refractivity contribution < 1.29 is 18.9 Å². The zero-order valence-corrected chi connectivity index (χ0v) is 12.6. The summed E-state index contributed by atoms with van der Waals surface area (Å²) < 4.78 is 22.3. The molecule has 0 fully saturated rings. The van der Waals surface area contributed by atoms with Crippen LogP contribution in [0.5, 0.6) is 5.75 Å². The standard InChI is InChI=1S/C16H22O4/c1-5-20-14-11-10-12-8-6-7-9-13(12)15(14)16(17-2,18-3)19-4/h6,8,10-11H,5,7,9H2,1-4H3. The normalized spacial score (nSPS) is 14.2. The van der Waals surface area contributed by atoms with Gasteiger partial charge >= 0.3 is 5.97 Å². The molecule has 0 radical (unpaired) electrons. The van der Waals surface area contributed by atoms with Gasteiger partial charge in [0.25, 0.3) is 0 Å². The zero-order chi connectivity index (χ0) is 14.6. The van der Waals surface area contributed by atoms with Crippen molar-refractivity contribution in [3.8, 4) is 5.75 Å². The third-order valence-electron chi connectivity index (χ3n) is 3.58. The van der Waals surface area contributed by atoms with Crippen LogP contribution in [0.25, 0.3) is 6.08 Å². The average molecular weight is 278 g/mol. The Morgan fingerprint density at radius 1 is 1.10 bits per heavy atom. The van der Waals surface area contributed by atoms with Crippen molar-refractivity contribution in [1.82, 2.24) is 0 Å². The lowest BCUT2D eigenvalue weighted by atomic mass is 9.90. The minimum atomic E-state index is -1.24. The Morgan fingerprint density at radius 2 is 1.80 bits per heavy atom. The summed E-state index contributed by atoms with van der Waals surface area (Å²) in [6.45, 7) is 2.53. The monoisotopic (exact) mass is 278 g/mol. The number of hydrogen-bond acceptors (Lipinski definition) is 4. The summed E-state index contributed by atoms with van der Waals surface area (Å²) in [6.07, 6.45) is 6.19. The van der Waals surface area contributed by atoms with E-state index >= 15 is 0 Å². The van der Waals surface area contributed by atoms with Crippen LogP contribution in [0, 0.1) is 0 Å². The molecule has 0 saturated carbocycles. The molecule has 20 heavy (non-hydrogen) atoms. The van der Waals surface area contributed by atoms with Crippen molar-refractivity contribution in [2.75, 3.05) is 27.9 Å². The summed E-state index contributed by atoms with van der Waals surface area (Å²) in [5.74, 6) is -0.492. The van der Waals surface area contributed by atoms with Crippen LogP contribution in [0.15, 0.2) is 18.2 Å². The van der Waals surface area contributed by atoms with Crippen LogP contribution < -0.4 is 4.74 Å². The Balaban J connectivity index is 2.66. The maximum absolute atomic E-state index is 5.75. The van der Waals surface area contributed by atoms with Crippen molar-refractivity contribution in [1.29, 1.82) is 0 Å². The molecule has 1 aromatic carbocycles. The lowest BCUT2D eigenvalue weighted by Crippen LogP contribution is -2.35. The summed E-state index contributed by atoms with van der Waals surface area (Å²) >= 11 is 0. The highest BCUT2D eigenvalue weighted by Crippen LogP contribution is 2.40. The molecule has 2 rings (SSSR count). The number of rotatable bonds is 6. The number of ether oxygens (including phenoxy) is 4. The van der Waals surface area contributed by atoms with Crippen molar-refractivity contribution in [3.63, 3.8) is 0 Å². The van der Waals surface area contributed by atoms with E-state index in [9.17, 15) is 0 Å². The highest BCUT2D eigenvalue weighted by molar-refractivity contribution is 5.62. The molecule has 0 aliphatic heterocycles. The van der Waals surface area contributed by atoms with Gasteiger partial charge in [-0.05, 0) is 37.0 Å². The van der Waals surface area contributed by atoms with Crippen LogP contribution in [-0.2, 0) is 26.6 Å². The maximum atomic E-state index is 5.75. The van der Waals surface area contributed by atoms with Gasteiger partial charge < -0.3 is 18.9 Å². The van der Waals surface area contributed by atoms with Gasteiger partial charge in [-0.15, -0.1) is 0 Å². The van der Waals surface area contributed by atoms with Crippen LogP contribution in [0.3, 0.4) is 0 Å². The molecule has 0 aromatic heterocycles. The molecule has 0 heterocycles. The van der Waals surface area contributed by atoms with E-state index in [0.29, 0.717) is 6.61 Å². The van der Waals surface area contributed by atoms with Crippen molar-refractivity contribution in [2.24, 2.45) is 0 Å². The van der Waals surface area contributed by atoms with Gasteiger partial charge in [-0.3, -0.25) is 0 Å². The molecular formula is C16H22O4. The van der Waals surface area contributed by atoms with Gasteiger partial charge in [-0.2, -0.15) is 0 Å². The molecule has 0 spiro atoms. The minimum Gasteiger partial charge on any atom is -0.493 e. The fraction of sp³-hybridized carbons (Fsp3) is 0.500. The Bertz CT molecular complexity index is 481. The third kappa shape index (κ3) is 2.46. The van der Waals surface area contributed by atoms with E-state index in [1.807, 2.05) is 13.0 Å². The molecule has 4 heteroatoms. The molecule has 1 aromatic rings. The van der Waals surface area contributed by atoms with Crippen LogP contribution in [0.2, 0.25) is 0 Å². The van der Waals surface area contributed by atoms with Crippen LogP contribution in [-0.4, -0.2) is 27.9 Å². The lowest BCUT2D eigenvalue weighted by Gasteiger charge is -2.33. The van der Waals surface area contributed by atoms with Crippen LogP contribution >= 0.6 is 0 Å². The van der Waals surface area contributed by atoms with E-state index < -0.39 is 5.97 Å². The van der Waals surface area contributed by atoms with Crippen molar-refractivity contribution in [3.05, 3.63) is 34.9 Å². The number of methoxy groups -OCH3 is 3. The molecule has 0 N–H and O–H groups in total. The number of allylic oxidation sites excluding steroid dienone is 1. The molecule has 0 unspecified atom stereocenters. The summed E-state index contributed by atoms with van der Waals surface area (Å²) in [5.41, 5.74) is 3.14. The van der Waals surface area contributed by atoms with E-state index in [-0.39, 0.29) is 0 Å². The first-order chi connectivity index (χ1) is 9.72. The first-order valence-corrected chi connectivity index (χ1v) is 6.83. The summed E-state index contributed by atoms with van der Waals surface area (Å²) in [6, 6.07) is 4.00. The molecule has 110 valence electrons. The second-order valence-electron chi connectivity index (χ2n) is 4.55. The van der Waals surface area contributed by atoms with E-state index in [1.165, 1.54) is 0 Å². The van der Waals surface area contributed by atoms with Gasteiger partial charge in [0, 0.05) is 21.3 Å². The maximum Gasteiger partial charge on any atom is 0.315 e. The molecular weight excluding hydrogens is 256 g/mol. The molecule has 0 bridgehead atoms. The smallest absolute Gasteiger partial charge is 0.315 e. The molecule has 0 saturated heterocycles. The summed E-state index contributed by atoms with van der Waals surface area (Å²) in [7, 11) is 4.71. The average Bonchev–Trinajstić information content (AvgIpc) is 2.51. The van der Waals surface area contributed by atoms with Crippen molar-refractivity contribution >= 4 is 6.08 Å². The number of benzene rings is 1. The van der Waals surface area contributed by atoms with Gasteiger partial charge in [-0.25, -0.2) is 0 Å². The number of fused-ring (bicyclic) bond motifs is 1. The largest absolute Gasteiger partial charge is 0.493 e. The Morgan fingerprint density at radius 3 is 2.40 bits per heavy atom. The highest BCUT2D eigenvalue weighted by atomic mass is 16.9. The second kappa shape index (κ2) is 6.39. The first-order valence-electron chi connectivity index (χ1n) is 6.83.